The predicted octanol–water partition coefficient (Wildman–Crippen LogP) is 4.00. The number of anilines is 1. The summed E-state index contributed by atoms with van der Waals surface area (Å²) in [6.45, 7) is 2.01. The maximum atomic E-state index is 12.1. The van der Waals surface area contributed by atoms with Crippen molar-refractivity contribution >= 4 is 24.1 Å². The zero-order chi connectivity index (χ0) is 13.9. The fraction of sp³-hybridized carbons (Fsp3) is 0.286. The van der Waals surface area contributed by atoms with Gasteiger partial charge in [0, 0.05) is 25.3 Å². The topological polar surface area (TPSA) is 47.6 Å². The van der Waals surface area contributed by atoms with Gasteiger partial charge in [0.05, 0.1) is 0 Å². The molecule has 0 saturated carbocycles. The number of hydrogen-bond acceptors (Lipinski definition) is 4. The van der Waals surface area contributed by atoms with E-state index in [9.17, 15) is 4.57 Å². The Labute approximate surface area is 113 Å². The average Bonchev–Trinajstić information content (AvgIpc) is 2.46. The summed E-state index contributed by atoms with van der Waals surface area (Å²) < 4.78 is 21.9. The van der Waals surface area contributed by atoms with Gasteiger partial charge in [-0.3, -0.25) is 4.57 Å². The van der Waals surface area contributed by atoms with Crippen LogP contribution in [-0.4, -0.2) is 20.5 Å². The zero-order valence-corrected chi connectivity index (χ0v) is 12.2. The molecule has 2 aromatic carbocycles. The maximum absolute atomic E-state index is 12.1. The standard InChI is InChI=1S/C14H18NO3P/c1-11-8-9-12-6-4-5-7-13(12)14(11)15-10-19(16,17-2)18-3/h4-9,15H,10H2,1-3H3. The summed E-state index contributed by atoms with van der Waals surface area (Å²) in [4.78, 5) is 0. The first-order valence-electron chi connectivity index (χ1n) is 6.02. The molecular weight excluding hydrogens is 261 g/mol. The van der Waals surface area contributed by atoms with Gasteiger partial charge >= 0.3 is 7.60 Å². The Bertz CT molecular complexity index is 619. The predicted molar refractivity (Wildman–Crippen MR) is 78.8 cm³/mol. The minimum absolute atomic E-state index is 0.148. The number of aryl methyl sites for hydroxylation is 1. The fourth-order valence-electron chi connectivity index (χ4n) is 1.99. The summed E-state index contributed by atoms with van der Waals surface area (Å²) in [6, 6.07) is 12.2. The Kier molecular flexibility index (Phi) is 4.25. The highest BCUT2D eigenvalue weighted by Gasteiger charge is 2.21. The van der Waals surface area contributed by atoms with Gasteiger partial charge in [-0.15, -0.1) is 0 Å². The number of rotatable bonds is 5. The zero-order valence-electron chi connectivity index (χ0n) is 11.3. The molecule has 0 aliphatic carbocycles. The molecule has 102 valence electrons. The Morgan fingerprint density at radius 2 is 1.79 bits per heavy atom. The van der Waals surface area contributed by atoms with Crippen LogP contribution < -0.4 is 5.32 Å². The van der Waals surface area contributed by atoms with Gasteiger partial charge in [0.2, 0.25) is 0 Å². The lowest BCUT2D eigenvalue weighted by molar-refractivity contribution is 0.278. The van der Waals surface area contributed by atoms with Crippen molar-refractivity contribution in [1.82, 2.24) is 0 Å². The lowest BCUT2D eigenvalue weighted by Crippen LogP contribution is -2.06. The van der Waals surface area contributed by atoms with E-state index in [2.05, 4.69) is 11.4 Å². The number of hydrogen-bond donors (Lipinski definition) is 1. The van der Waals surface area contributed by atoms with E-state index in [1.807, 2.05) is 37.3 Å². The van der Waals surface area contributed by atoms with Crippen LogP contribution in [0.1, 0.15) is 5.56 Å². The third kappa shape index (κ3) is 2.98. The van der Waals surface area contributed by atoms with Crippen molar-refractivity contribution in [3.8, 4) is 0 Å². The SMILES string of the molecule is COP(=O)(CNc1c(C)ccc2ccccc12)OC. The van der Waals surface area contributed by atoms with Crippen molar-refractivity contribution in [1.29, 1.82) is 0 Å². The van der Waals surface area contributed by atoms with Crippen LogP contribution in [0, 0.1) is 6.92 Å². The second-order valence-corrected chi connectivity index (χ2v) is 6.56. The summed E-state index contributed by atoms with van der Waals surface area (Å²) >= 11 is 0. The third-order valence-corrected chi connectivity index (χ3v) is 4.80. The van der Waals surface area contributed by atoms with Crippen molar-refractivity contribution in [2.45, 2.75) is 6.92 Å². The first-order chi connectivity index (χ1) is 9.09. The van der Waals surface area contributed by atoms with E-state index < -0.39 is 7.60 Å². The highest BCUT2D eigenvalue weighted by atomic mass is 31.2. The minimum atomic E-state index is -3.06. The van der Waals surface area contributed by atoms with E-state index >= 15 is 0 Å². The van der Waals surface area contributed by atoms with E-state index in [0.29, 0.717) is 0 Å². The molecule has 0 aromatic heterocycles. The van der Waals surface area contributed by atoms with E-state index in [-0.39, 0.29) is 6.29 Å². The van der Waals surface area contributed by atoms with Gasteiger partial charge in [0.15, 0.2) is 0 Å². The second kappa shape index (κ2) is 5.74. The van der Waals surface area contributed by atoms with Crippen LogP contribution in [0.4, 0.5) is 5.69 Å². The molecule has 5 heteroatoms. The summed E-state index contributed by atoms with van der Waals surface area (Å²) in [7, 11) is -0.274. The van der Waals surface area contributed by atoms with E-state index in [0.717, 1.165) is 22.0 Å². The molecule has 0 amide bonds. The number of nitrogens with one attached hydrogen (secondary N) is 1. The molecule has 0 radical (unpaired) electrons. The summed E-state index contributed by atoms with van der Waals surface area (Å²) in [6.07, 6.45) is 0.148. The maximum Gasteiger partial charge on any atom is 0.349 e. The molecule has 0 aliphatic heterocycles. The Balaban J connectivity index is 2.35. The van der Waals surface area contributed by atoms with Crippen LogP contribution in [0.25, 0.3) is 10.8 Å². The molecule has 2 rings (SSSR count). The Morgan fingerprint density at radius 3 is 2.47 bits per heavy atom. The van der Waals surface area contributed by atoms with Crippen molar-refractivity contribution in [2.24, 2.45) is 0 Å². The molecule has 0 fully saturated rings. The van der Waals surface area contributed by atoms with E-state index in [4.69, 9.17) is 9.05 Å². The normalized spacial score (nSPS) is 11.7. The van der Waals surface area contributed by atoms with Crippen LogP contribution in [0.2, 0.25) is 0 Å². The van der Waals surface area contributed by atoms with Gasteiger partial charge in [-0.1, -0.05) is 36.4 Å². The highest BCUT2D eigenvalue weighted by Crippen LogP contribution is 2.46. The Hall–Kier alpha value is -1.35. The quantitative estimate of drug-likeness (QED) is 0.840. The van der Waals surface area contributed by atoms with Crippen molar-refractivity contribution in [3.05, 3.63) is 42.0 Å². The van der Waals surface area contributed by atoms with Crippen LogP contribution in [0.3, 0.4) is 0 Å². The van der Waals surface area contributed by atoms with Crippen molar-refractivity contribution in [2.75, 3.05) is 25.8 Å². The second-order valence-electron chi connectivity index (χ2n) is 4.29. The molecule has 19 heavy (non-hydrogen) atoms. The molecule has 1 N–H and O–H groups in total. The largest absolute Gasteiger partial charge is 0.373 e. The minimum Gasteiger partial charge on any atom is -0.373 e. The van der Waals surface area contributed by atoms with E-state index in [1.165, 1.54) is 14.2 Å². The van der Waals surface area contributed by atoms with Crippen molar-refractivity contribution < 1.29 is 13.6 Å². The summed E-state index contributed by atoms with van der Waals surface area (Å²) in [5.74, 6) is 0. The summed E-state index contributed by atoms with van der Waals surface area (Å²) in [5.41, 5.74) is 2.06. The van der Waals surface area contributed by atoms with Gasteiger partial charge in [-0.2, -0.15) is 0 Å². The average molecular weight is 279 g/mol. The molecule has 0 bridgehead atoms. The number of benzene rings is 2. The molecule has 0 unspecified atom stereocenters. The van der Waals surface area contributed by atoms with Gasteiger partial charge in [0.25, 0.3) is 0 Å². The van der Waals surface area contributed by atoms with Gasteiger partial charge in [0.1, 0.15) is 6.29 Å². The third-order valence-electron chi connectivity index (χ3n) is 3.14. The van der Waals surface area contributed by atoms with Gasteiger partial charge in [-0.25, -0.2) is 0 Å². The molecule has 0 saturated heterocycles. The molecule has 0 atom stereocenters. The van der Waals surface area contributed by atoms with Gasteiger partial charge in [-0.05, 0) is 17.9 Å². The van der Waals surface area contributed by atoms with E-state index in [1.54, 1.807) is 0 Å². The molecule has 2 aromatic rings. The van der Waals surface area contributed by atoms with Crippen LogP contribution in [0.5, 0.6) is 0 Å². The lowest BCUT2D eigenvalue weighted by Gasteiger charge is -2.17. The molecule has 0 aliphatic rings. The van der Waals surface area contributed by atoms with Crippen molar-refractivity contribution in [3.63, 3.8) is 0 Å². The highest BCUT2D eigenvalue weighted by molar-refractivity contribution is 7.53. The van der Waals surface area contributed by atoms with Gasteiger partial charge < -0.3 is 14.4 Å². The fourth-order valence-corrected chi connectivity index (χ4v) is 2.75. The first kappa shape index (κ1) is 14.1. The monoisotopic (exact) mass is 279 g/mol. The number of fused-ring (bicyclic) bond motifs is 1. The molecular formula is C14H18NO3P. The first-order valence-corrected chi connectivity index (χ1v) is 7.75. The van der Waals surface area contributed by atoms with Crippen LogP contribution >= 0.6 is 7.60 Å². The molecule has 0 spiro atoms. The summed E-state index contributed by atoms with van der Waals surface area (Å²) in [5, 5.41) is 5.42. The smallest absolute Gasteiger partial charge is 0.349 e. The molecule has 4 nitrogen and oxygen atoms in total. The lowest BCUT2D eigenvalue weighted by atomic mass is 10.1. The van der Waals surface area contributed by atoms with Crippen LogP contribution in [0.15, 0.2) is 36.4 Å². The Morgan fingerprint density at radius 1 is 1.11 bits per heavy atom. The van der Waals surface area contributed by atoms with Crippen LogP contribution in [-0.2, 0) is 13.6 Å². The molecule has 0 heterocycles.